The predicted octanol–water partition coefficient (Wildman–Crippen LogP) is 3.11. The van der Waals surface area contributed by atoms with Crippen LogP contribution >= 0.6 is 0 Å². The van der Waals surface area contributed by atoms with Crippen molar-refractivity contribution in [3.63, 3.8) is 0 Å². The molecule has 3 heteroatoms. The highest BCUT2D eigenvalue weighted by molar-refractivity contribution is 5.23. The van der Waals surface area contributed by atoms with Crippen LogP contribution in [0.3, 0.4) is 0 Å². The maximum Gasteiger partial charge on any atom is 0.146 e. The molecule has 2 rings (SSSR count). The molecular formula is C12H15F2N. The Morgan fingerprint density at radius 3 is 2.40 bits per heavy atom. The summed E-state index contributed by atoms with van der Waals surface area (Å²) < 4.78 is 27.5. The molecule has 0 bridgehead atoms. The largest absolute Gasteiger partial charge is 0.322 e. The predicted molar refractivity (Wildman–Crippen MR) is 55.6 cm³/mol. The third-order valence-corrected chi connectivity index (χ3v) is 3.22. The fraction of sp³-hybridized carbons (Fsp3) is 0.500. The molecule has 82 valence electrons. The first-order valence-electron chi connectivity index (χ1n) is 5.31. The van der Waals surface area contributed by atoms with Crippen LogP contribution in [0.25, 0.3) is 0 Å². The van der Waals surface area contributed by atoms with Gasteiger partial charge in [-0.05, 0) is 18.9 Å². The molecular weight excluding hydrogens is 196 g/mol. The van der Waals surface area contributed by atoms with Gasteiger partial charge in [0.05, 0.1) is 5.54 Å². The van der Waals surface area contributed by atoms with E-state index in [1.54, 1.807) is 12.1 Å². The van der Waals surface area contributed by atoms with E-state index in [-0.39, 0.29) is 5.56 Å². The van der Waals surface area contributed by atoms with Crippen LogP contribution in [0.1, 0.15) is 37.4 Å². The smallest absolute Gasteiger partial charge is 0.146 e. The highest BCUT2D eigenvalue weighted by atomic mass is 19.1. The van der Waals surface area contributed by atoms with Gasteiger partial charge in [0.25, 0.3) is 0 Å². The Kier molecular flexibility index (Phi) is 2.74. The zero-order valence-electron chi connectivity index (χ0n) is 8.55. The molecule has 15 heavy (non-hydrogen) atoms. The van der Waals surface area contributed by atoms with Crippen LogP contribution in [0, 0.1) is 5.82 Å². The lowest BCUT2D eigenvalue weighted by Crippen LogP contribution is -2.41. The zero-order valence-corrected chi connectivity index (χ0v) is 8.55. The fourth-order valence-corrected chi connectivity index (χ4v) is 2.28. The molecule has 1 saturated carbocycles. The molecule has 0 saturated heterocycles. The summed E-state index contributed by atoms with van der Waals surface area (Å²) in [5, 5.41) is 0. The van der Waals surface area contributed by atoms with Gasteiger partial charge in [-0.1, -0.05) is 31.0 Å². The molecule has 0 spiro atoms. The van der Waals surface area contributed by atoms with Gasteiger partial charge in [0.1, 0.15) is 12.0 Å². The van der Waals surface area contributed by atoms with E-state index in [4.69, 9.17) is 5.73 Å². The zero-order chi connectivity index (χ0) is 10.9. The second-order valence-electron chi connectivity index (χ2n) is 4.32. The summed E-state index contributed by atoms with van der Waals surface area (Å²) in [7, 11) is 0. The SMILES string of the molecule is NC1(C(F)c2ccccc2F)CCCC1. The Morgan fingerprint density at radius 2 is 1.80 bits per heavy atom. The van der Waals surface area contributed by atoms with E-state index in [0.29, 0.717) is 12.8 Å². The average Bonchev–Trinajstić information content (AvgIpc) is 2.66. The van der Waals surface area contributed by atoms with Crippen LogP contribution in [0.15, 0.2) is 24.3 Å². The summed E-state index contributed by atoms with van der Waals surface area (Å²) in [5.41, 5.74) is 5.20. The van der Waals surface area contributed by atoms with Gasteiger partial charge in [0.15, 0.2) is 0 Å². The lowest BCUT2D eigenvalue weighted by Gasteiger charge is -2.28. The molecule has 2 N–H and O–H groups in total. The molecule has 0 aromatic heterocycles. The van der Waals surface area contributed by atoms with Crippen molar-refractivity contribution in [1.29, 1.82) is 0 Å². The van der Waals surface area contributed by atoms with Crippen molar-refractivity contribution < 1.29 is 8.78 Å². The van der Waals surface area contributed by atoms with Crippen molar-refractivity contribution in [1.82, 2.24) is 0 Å². The molecule has 0 radical (unpaired) electrons. The molecule has 0 amide bonds. The lowest BCUT2D eigenvalue weighted by atomic mass is 9.88. The fourth-order valence-electron chi connectivity index (χ4n) is 2.28. The molecule has 1 nitrogen and oxygen atoms in total. The molecule has 0 heterocycles. The summed E-state index contributed by atoms with van der Waals surface area (Å²) in [4.78, 5) is 0. The minimum Gasteiger partial charge on any atom is -0.322 e. The Bertz CT molecular complexity index is 345. The summed E-state index contributed by atoms with van der Waals surface area (Å²) in [6, 6.07) is 5.96. The van der Waals surface area contributed by atoms with E-state index in [9.17, 15) is 8.78 Å². The van der Waals surface area contributed by atoms with Crippen molar-refractivity contribution >= 4 is 0 Å². The average molecular weight is 211 g/mol. The van der Waals surface area contributed by atoms with Gasteiger partial charge >= 0.3 is 0 Å². The first-order chi connectivity index (χ1) is 7.13. The van der Waals surface area contributed by atoms with E-state index >= 15 is 0 Å². The van der Waals surface area contributed by atoms with Crippen molar-refractivity contribution in [2.45, 2.75) is 37.4 Å². The number of hydrogen-bond acceptors (Lipinski definition) is 1. The van der Waals surface area contributed by atoms with E-state index in [1.807, 2.05) is 0 Å². The highest BCUT2D eigenvalue weighted by Gasteiger charge is 2.39. The summed E-state index contributed by atoms with van der Waals surface area (Å²) in [6.07, 6.45) is 1.77. The van der Waals surface area contributed by atoms with E-state index in [1.165, 1.54) is 12.1 Å². The number of benzene rings is 1. The van der Waals surface area contributed by atoms with Gasteiger partial charge in [0, 0.05) is 5.56 Å². The first-order valence-corrected chi connectivity index (χ1v) is 5.31. The van der Waals surface area contributed by atoms with E-state index in [2.05, 4.69) is 0 Å². The van der Waals surface area contributed by atoms with Crippen molar-refractivity contribution in [2.24, 2.45) is 5.73 Å². The molecule has 1 aliphatic rings. The number of rotatable bonds is 2. The Morgan fingerprint density at radius 1 is 1.20 bits per heavy atom. The van der Waals surface area contributed by atoms with Crippen molar-refractivity contribution in [2.75, 3.05) is 0 Å². The maximum atomic E-state index is 14.1. The summed E-state index contributed by atoms with van der Waals surface area (Å²) in [6.45, 7) is 0. The topological polar surface area (TPSA) is 26.0 Å². The van der Waals surface area contributed by atoms with E-state index < -0.39 is 17.5 Å². The maximum absolute atomic E-state index is 14.1. The summed E-state index contributed by atoms with van der Waals surface area (Å²) in [5.74, 6) is -0.498. The van der Waals surface area contributed by atoms with Gasteiger partial charge in [-0.2, -0.15) is 0 Å². The van der Waals surface area contributed by atoms with Crippen molar-refractivity contribution in [3.8, 4) is 0 Å². The van der Waals surface area contributed by atoms with Crippen LogP contribution in [0.4, 0.5) is 8.78 Å². The van der Waals surface area contributed by atoms with Gasteiger partial charge < -0.3 is 5.73 Å². The number of alkyl halides is 1. The van der Waals surface area contributed by atoms with Gasteiger partial charge in [0.2, 0.25) is 0 Å². The van der Waals surface area contributed by atoms with E-state index in [0.717, 1.165) is 12.8 Å². The molecule has 1 aromatic carbocycles. The molecule has 1 aromatic rings. The normalized spacial score (nSPS) is 21.5. The van der Waals surface area contributed by atoms with Crippen LogP contribution in [0.2, 0.25) is 0 Å². The van der Waals surface area contributed by atoms with Crippen LogP contribution in [-0.4, -0.2) is 5.54 Å². The van der Waals surface area contributed by atoms with Crippen molar-refractivity contribution in [3.05, 3.63) is 35.6 Å². The Labute approximate surface area is 88.3 Å². The van der Waals surface area contributed by atoms with Crippen LogP contribution in [-0.2, 0) is 0 Å². The monoisotopic (exact) mass is 211 g/mol. The first kappa shape index (κ1) is 10.6. The molecule has 1 unspecified atom stereocenters. The van der Waals surface area contributed by atoms with Crippen LogP contribution < -0.4 is 5.73 Å². The van der Waals surface area contributed by atoms with Gasteiger partial charge in [-0.15, -0.1) is 0 Å². The third kappa shape index (κ3) is 1.88. The number of nitrogens with two attached hydrogens (primary N) is 1. The minimum atomic E-state index is -1.39. The Hall–Kier alpha value is -0.960. The Balaban J connectivity index is 2.27. The molecule has 0 aliphatic heterocycles. The lowest BCUT2D eigenvalue weighted by molar-refractivity contribution is 0.189. The molecule has 1 atom stereocenters. The minimum absolute atomic E-state index is 0.0990. The standard InChI is InChI=1S/C12H15F2N/c13-10-6-2-1-5-9(10)11(14)12(15)7-3-4-8-12/h1-2,5-6,11H,3-4,7-8,15H2. The summed E-state index contributed by atoms with van der Waals surface area (Å²) >= 11 is 0. The van der Waals surface area contributed by atoms with Gasteiger partial charge in [-0.3, -0.25) is 0 Å². The molecule has 1 aliphatic carbocycles. The quantitative estimate of drug-likeness (QED) is 0.799. The third-order valence-electron chi connectivity index (χ3n) is 3.22. The molecule has 1 fully saturated rings. The van der Waals surface area contributed by atoms with Crippen LogP contribution in [0.5, 0.6) is 0 Å². The second kappa shape index (κ2) is 3.89. The second-order valence-corrected chi connectivity index (χ2v) is 4.32. The van der Waals surface area contributed by atoms with Gasteiger partial charge in [-0.25, -0.2) is 8.78 Å². The number of hydrogen-bond donors (Lipinski definition) is 1. The number of halogens is 2. The highest BCUT2D eigenvalue weighted by Crippen LogP contribution is 2.40.